The highest BCUT2D eigenvalue weighted by Crippen LogP contribution is 2.46. The van der Waals surface area contributed by atoms with E-state index in [0.29, 0.717) is 45.8 Å². The summed E-state index contributed by atoms with van der Waals surface area (Å²) in [5.41, 5.74) is 1.42. The molecule has 4 rings (SSSR count). The molecule has 8 nitrogen and oxygen atoms in total. The predicted molar refractivity (Wildman–Crippen MR) is 142 cm³/mol. The van der Waals surface area contributed by atoms with Gasteiger partial charge in [-0.1, -0.05) is 30.0 Å². The molecule has 0 aliphatic carbocycles. The third-order valence-corrected chi connectivity index (χ3v) is 9.54. The Morgan fingerprint density at radius 3 is 2.49 bits per heavy atom. The summed E-state index contributed by atoms with van der Waals surface area (Å²) in [4.78, 5) is 19.3. The van der Waals surface area contributed by atoms with Crippen LogP contribution in [0, 0.1) is 0 Å². The Hall–Kier alpha value is -2.24. The van der Waals surface area contributed by atoms with E-state index in [-0.39, 0.29) is 35.1 Å². The van der Waals surface area contributed by atoms with Gasteiger partial charge in [0.2, 0.25) is 0 Å². The van der Waals surface area contributed by atoms with Crippen molar-refractivity contribution in [3.8, 4) is 17.2 Å². The van der Waals surface area contributed by atoms with Crippen LogP contribution in [-0.2, 0) is 21.1 Å². The number of carbonyl (C=O) groups excluding carboxylic acids is 1. The molecule has 0 N–H and O–H groups in total. The second-order valence-corrected chi connectivity index (χ2v) is 12.3. The lowest BCUT2D eigenvalue weighted by Gasteiger charge is -2.27. The zero-order valence-electron chi connectivity index (χ0n) is 19.7. The van der Waals surface area contributed by atoms with E-state index < -0.39 is 9.84 Å². The Kier molecular flexibility index (Phi) is 7.97. The molecule has 1 amide bonds. The quantitative estimate of drug-likeness (QED) is 0.459. The standard InChI is InChI=1S/C24H27BrN2O6S2/c1-4-32-20-11-16(25)17(12-21(20)33-5-2)27-18-13-35(29,30)14-22(18)34-24(27)26-23(28)10-15-8-6-7-9-19(15)31-3/h6-9,11-12,18,22H,4-5,10,13-14H2,1-3H3/t18-,22-/m1/s1. The van der Waals surface area contributed by atoms with Crippen molar-refractivity contribution in [1.82, 2.24) is 0 Å². The fraction of sp³-hybridized carbons (Fsp3) is 0.417. The first-order chi connectivity index (χ1) is 16.8. The number of ether oxygens (including phenoxy) is 3. The van der Waals surface area contributed by atoms with Gasteiger partial charge in [0.15, 0.2) is 26.5 Å². The van der Waals surface area contributed by atoms with Crippen LogP contribution in [0.2, 0.25) is 0 Å². The van der Waals surface area contributed by atoms with E-state index in [2.05, 4.69) is 20.9 Å². The molecule has 0 spiro atoms. The zero-order valence-corrected chi connectivity index (χ0v) is 22.9. The van der Waals surface area contributed by atoms with Crippen LogP contribution in [0.1, 0.15) is 19.4 Å². The summed E-state index contributed by atoms with van der Waals surface area (Å²) in [6, 6.07) is 10.6. The van der Waals surface area contributed by atoms with Crippen LogP contribution in [0.3, 0.4) is 0 Å². The molecule has 2 aliphatic rings. The van der Waals surface area contributed by atoms with Crippen LogP contribution in [0.25, 0.3) is 0 Å². The van der Waals surface area contributed by atoms with Crippen molar-refractivity contribution in [3.63, 3.8) is 0 Å². The van der Waals surface area contributed by atoms with E-state index in [1.807, 2.05) is 43.0 Å². The molecule has 2 saturated heterocycles. The van der Waals surface area contributed by atoms with Gasteiger partial charge in [0.25, 0.3) is 5.91 Å². The van der Waals surface area contributed by atoms with Crippen LogP contribution in [-0.4, -0.2) is 62.6 Å². The van der Waals surface area contributed by atoms with Crippen LogP contribution in [0.5, 0.6) is 17.2 Å². The summed E-state index contributed by atoms with van der Waals surface area (Å²) >= 11 is 4.94. The van der Waals surface area contributed by atoms with Gasteiger partial charge < -0.3 is 19.1 Å². The lowest BCUT2D eigenvalue weighted by Crippen LogP contribution is -2.38. The van der Waals surface area contributed by atoms with E-state index in [1.165, 1.54) is 11.8 Å². The molecule has 0 bridgehead atoms. The normalized spacial score (nSPS) is 21.7. The summed E-state index contributed by atoms with van der Waals surface area (Å²) in [7, 11) is -1.64. The van der Waals surface area contributed by atoms with Crippen molar-refractivity contribution in [3.05, 3.63) is 46.4 Å². The summed E-state index contributed by atoms with van der Waals surface area (Å²) in [6.07, 6.45) is 0.0736. The van der Waals surface area contributed by atoms with Crippen molar-refractivity contribution >= 4 is 54.3 Å². The highest BCUT2D eigenvalue weighted by Gasteiger charge is 2.50. The van der Waals surface area contributed by atoms with Gasteiger partial charge in [0.1, 0.15) is 5.75 Å². The average Bonchev–Trinajstić information content (AvgIpc) is 3.27. The van der Waals surface area contributed by atoms with Crippen molar-refractivity contribution in [2.45, 2.75) is 31.6 Å². The Balaban J connectivity index is 1.73. The van der Waals surface area contributed by atoms with Crippen LogP contribution in [0.4, 0.5) is 5.69 Å². The molecule has 0 radical (unpaired) electrons. The van der Waals surface area contributed by atoms with Gasteiger partial charge in [0, 0.05) is 27.4 Å². The van der Waals surface area contributed by atoms with Crippen molar-refractivity contribution in [2.24, 2.45) is 4.99 Å². The second kappa shape index (κ2) is 10.8. The Morgan fingerprint density at radius 1 is 1.11 bits per heavy atom. The minimum atomic E-state index is -3.20. The maximum atomic E-state index is 13.0. The van der Waals surface area contributed by atoms with E-state index in [9.17, 15) is 13.2 Å². The molecule has 2 atom stereocenters. The fourth-order valence-electron chi connectivity index (χ4n) is 4.25. The number of benzene rings is 2. The van der Waals surface area contributed by atoms with Crippen molar-refractivity contribution in [2.75, 3.05) is 36.7 Å². The third kappa shape index (κ3) is 5.62. The van der Waals surface area contributed by atoms with Gasteiger partial charge in [-0.05, 0) is 35.8 Å². The number of halogens is 1. The summed E-state index contributed by atoms with van der Waals surface area (Å²) in [6.45, 7) is 4.68. The molecular weight excluding hydrogens is 556 g/mol. The SMILES string of the molecule is CCOc1cc(Br)c(N2C(=NC(=O)Cc3ccccc3OC)S[C@@H]3CS(=O)(=O)C[C@H]32)cc1OCC. The number of sulfone groups is 1. The van der Waals surface area contributed by atoms with Gasteiger partial charge in [-0.2, -0.15) is 4.99 Å². The lowest BCUT2D eigenvalue weighted by atomic mass is 10.1. The Morgan fingerprint density at radius 2 is 1.80 bits per heavy atom. The fourth-order valence-corrected chi connectivity index (χ4v) is 8.69. The van der Waals surface area contributed by atoms with E-state index in [0.717, 1.165) is 5.56 Å². The monoisotopic (exact) mass is 582 g/mol. The smallest absolute Gasteiger partial charge is 0.252 e. The molecule has 11 heteroatoms. The number of thioether (sulfide) groups is 1. The van der Waals surface area contributed by atoms with Crippen LogP contribution < -0.4 is 19.1 Å². The first-order valence-electron chi connectivity index (χ1n) is 11.2. The highest BCUT2D eigenvalue weighted by molar-refractivity contribution is 9.10. The van der Waals surface area contributed by atoms with E-state index in [4.69, 9.17) is 14.2 Å². The molecule has 0 unspecified atom stereocenters. The molecule has 188 valence electrons. The number of carbonyl (C=O) groups is 1. The topological polar surface area (TPSA) is 94.5 Å². The maximum Gasteiger partial charge on any atom is 0.252 e. The molecule has 2 heterocycles. The number of rotatable bonds is 8. The third-order valence-electron chi connectivity index (χ3n) is 5.69. The van der Waals surface area contributed by atoms with E-state index in [1.54, 1.807) is 19.2 Å². The van der Waals surface area contributed by atoms with Crippen LogP contribution in [0.15, 0.2) is 45.9 Å². The number of hydrogen-bond donors (Lipinski definition) is 0. The molecule has 2 aromatic rings. The van der Waals surface area contributed by atoms with Gasteiger partial charge in [-0.15, -0.1) is 0 Å². The van der Waals surface area contributed by atoms with Crippen LogP contribution >= 0.6 is 27.7 Å². The minimum Gasteiger partial charge on any atom is -0.496 e. The number of para-hydroxylation sites is 1. The van der Waals surface area contributed by atoms with E-state index >= 15 is 0 Å². The number of anilines is 1. The summed E-state index contributed by atoms with van der Waals surface area (Å²) in [5, 5.41) is 0.258. The number of amidine groups is 1. The largest absolute Gasteiger partial charge is 0.496 e. The Bertz CT molecular complexity index is 1250. The van der Waals surface area contributed by atoms with Gasteiger partial charge in [-0.3, -0.25) is 4.79 Å². The van der Waals surface area contributed by atoms with Gasteiger partial charge in [0.05, 0.1) is 50.0 Å². The molecule has 0 aromatic heterocycles. The predicted octanol–water partition coefficient (Wildman–Crippen LogP) is 4.10. The number of nitrogens with zero attached hydrogens (tertiary/aromatic N) is 2. The van der Waals surface area contributed by atoms with Crippen molar-refractivity contribution < 1.29 is 27.4 Å². The average molecular weight is 584 g/mol. The molecule has 2 fully saturated rings. The van der Waals surface area contributed by atoms with Gasteiger partial charge in [-0.25, -0.2) is 8.42 Å². The molecular formula is C24H27BrN2O6S2. The first-order valence-corrected chi connectivity index (χ1v) is 14.7. The molecule has 2 aromatic carbocycles. The highest BCUT2D eigenvalue weighted by atomic mass is 79.9. The molecule has 2 aliphatic heterocycles. The van der Waals surface area contributed by atoms with Crippen molar-refractivity contribution in [1.29, 1.82) is 0 Å². The number of methoxy groups -OCH3 is 1. The first kappa shape index (κ1) is 25.8. The Labute approximate surface area is 218 Å². The maximum absolute atomic E-state index is 13.0. The number of hydrogen-bond acceptors (Lipinski definition) is 7. The zero-order chi connectivity index (χ0) is 25.2. The molecule has 35 heavy (non-hydrogen) atoms. The summed E-state index contributed by atoms with van der Waals surface area (Å²) in [5.74, 6) is 1.45. The number of amides is 1. The second-order valence-electron chi connectivity index (χ2n) is 8.06. The number of fused-ring (bicyclic) bond motifs is 1. The lowest BCUT2D eigenvalue weighted by molar-refractivity contribution is -0.117. The minimum absolute atomic E-state index is 0.00595. The molecule has 0 saturated carbocycles. The number of aliphatic imine (C=N–C) groups is 1. The summed E-state index contributed by atoms with van der Waals surface area (Å²) < 4.78 is 42.4. The van der Waals surface area contributed by atoms with Gasteiger partial charge >= 0.3 is 0 Å².